The van der Waals surface area contributed by atoms with Crippen molar-refractivity contribution in [2.75, 3.05) is 23.4 Å². The van der Waals surface area contributed by atoms with Crippen molar-refractivity contribution in [2.24, 2.45) is 0 Å². The molecule has 2 saturated heterocycles. The fraction of sp³-hybridized carbons (Fsp3) is 0.318. The van der Waals surface area contributed by atoms with Gasteiger partial charge in [-0.1, -0.05) is 6.07 Å². The maximum atomic E-state index is 12.5. The van der Waals surface area contributed by atoms with Crippen LogP contribution in [0.25, 0.3) is 0 Å². The van der Waals surface area contributed by atoms with Crippen molar-refractivity contribution in [1.29, 1.82) is 0 Å². The zero-order chi connectivity index (χ0) is 20.2. The number of nitrogens with one attached hydrogen (secondary N) is 1. The van der Waals surface area contributed by atoms with Crippen LogP contribution in [0, 0.1) is 0 Å². The second-order valence-electron chi connectivity index (χ2n) is 7.10. The highest BCUT2D eigenvalue weighted by atomic mass is 16.5. The SMILES string of the molecule is O=C(Oc1ccc(N2CCCC2=O)cc1)c1cccc(NC(=O)C2CCCO2)c1. The molecule has 0 radical (unpaired) electrons. The van der Waals surface area contributed by atoms with Gasteiger partial charge in [-0.05, 0) is 61.7 Å². The predicted octanol–water partition coefficient (Wildman–Crippen LogP) is 3.15. The summed E-state index contributed by atoms with van der Waals surface area (Å²) in [6.45, 7) is 1.30. The Bertz CT molecular complexity index is 919. The molecule has 1 atom stereocenters. The number of hydrogen-bond acceptors (Lipinski definition) is 5. The Balaban J connectivity index is 1.39. The van der Waals surface area contributed by atoms with Gasteiger partial charge in [0, 0.05) is 30.9 Å². The van der Waals surface area contributed by atoms with Crippen molar-refractivity contribution in [1.82, 2.24) is 0 Å². The number of esters is 1. The van der Waals surface area contributed by atoms with Crippen LogP contribution in [0.15, 0.2) is 48.5 Å². The first-order valence-corrected chi connectivity index (χ1v) is 9.75. The van der Waals surface area contributed by atoms with Crippen LogP contribution in [0.4, 0.5) is 11.4 Å². The largest absolute Gasteiger partial charge is 0.423 e. The van der Waals surface area contributed by atoms with Gasteiger partial charge in [0.05, 0.1) is 5.56 Å². The third-order valence-corrected chi connectivity index (χ3v) is 5.02. The number of anilines is 2. The molecular formula is C22H22N2O5. The highest BCUT2D eigenvalue weighted by molar-refractivity contribution is 5.97. The Kier molecular flexibility index (Phi) is 5.57. The van der Waals surface area contributed by atoms with E-state index in [4.69, 9.17) is 9.47 Å². The van der Waals surface area contributed by atoms with E-state index in [9.17, 15) is 14.4 Å². The highest BCUT2D eigenvalue weighted by Crippen LogP contribution is 2.24. The summed E-state index contributed by atoms with van der Waals surface area (Å²) in [6, 6.07) is 13.5. The zero-order valence-electron chi connectivity index (χ0n) is 15.9. The monoisotopic (exact) mass is 394 g/mol. The number of hydrogen-bond donors (Lipinski definition) is 1. The van der Waals surface area contributed by atoms with Crippen molar-refractivity contribution in [2.45, 2.75) is 31.8 Å². The Morgan fingerprint density at radius 3 is 2.62 bits per heavy atom. The summed E-state index contributed by atoms with van der Waals surface area (Å²) in [5.74, 6) is -0.237. The smallest absolute Gasteiger partial charge is 0.343 e. The van der Waals surface area contributed by atoms with Gasteiger partial charge in [0.2, 0.25) is 5.91 Å². The van der Waals surface area contributed by atoms with Gasteiger partial charge in [-0.15, -0.1) is 0 Å². The molecule has 2 fully saturated rings. The van der Waals surface area contributed by atoms with E-state index in [0.717, 1.165) is 18.5 Å². The van der Waals surface area contributed by atoms with Crippen LogP contribution in [0.5, 0.6) is 5.75 Å². The first-order valence-electron chi connectivity index (χ1n) is 9.75. The van der Waals surface area contributed by atoms with Crippen LogP contribution in [0.2, 0.25) is 0 Å². The van der Waals surface area contributed by atoms with Crippen LogP contribution in [-0.4, -0.2) is 37.0 Å². The molecule has 7 heteroatoms. The normalized spacial score (nSPS) is 18.7. The van der Waals surface area contributed by atoms with Gasteiger partial charge in [0.15, 0.2) is 0 Å². The predicted molar refractivity (Wildman–Crippen MR) is 107 cm³/mol. The molecule has 0 bridgehead atoms. The van der Waals surface area contributed by atoms with E-state index in [0.29, 0.717) is 43.0 Å². The van der Waals surface area contributed by atoms with Gasteiger partial charge < -0.3 is 19.7 Å². The first kappa shape index (κ1) is 19.1. The number of rotatable bonds is 5. The van der Waals surface area contributed by atoms with Crippen LogP contribution in [0.1, 0.15) is 36.0 Å². The number of amides is 2. The molecule has 2 aliphatic rings. The molecule has 2 aromatic rings. The second-order valence-corrected chi connectivity index (χ2v) is 7.10. The fourth-order valence-electron chi connectivity index (χ4n) is 3.51. The van der Waals surface area contributed by atoms with Crippen molar-refractivity contribution in [3.05, 3.63) is 54.1 Å². The fourth-order valence-corrected chi connectivity index (χ4v) is 3.51. The molecule has 0 saturated carbocycles. The minimum Gasteiger partial charge on any atom is -0.423 e. The van der Waals surface area contributed by atoms with Crippen LogP contribution in [-0.2, 0) is 14.3 Å². The Labute approximate surface area is 168 Å². The third kappa shape index (κ3) is 4.46. The third-order valence-electron chi connectivity index (χ3n) is 5.02. The van der Waals surface area contributed by atoms with E-state index >= 15 is 0 Å². The number of carbonyl (C=O) groups excluding carboxylic acids is 3. The lowest BCUT2D eigenvalue weighted by Crippen LogP contribution is -2.26. The molecule has 1 unspecified atom stereocenters. The van der Waals surface area contributed by atoms with Crippen molar-refractivity contribution >= 4 is 29.2 Å². The average molecular weight is 394 g/mol. The Morgan fingerprint density at radius 2 is 1.93 bits per heavy atom. The van der Waals surface area contributed by atoms with Gasteiger partial charge in [0.25, 0.3) is 5.91 Å². The van der Waals surface area contributed by atoms with E-state index < -0.39 is 12.1 Å². The van der Waals surface area contributed by atoms with Gasteiger partial charge in [-0.25, -0.2) is 4.79 Å². The standard InChI is InChI=1S/C22H22N2O5/c25-20-7-2-12-24(20)17-8-10-18(11-9-17)29-22(27)15-4-1-5-16(14-15)23-21(26)19-6-3-13-28-19/h1,4-5,8-11,14,19H,2-3,6-7,12-13H2,(H,23,26). The van der Waals surface area contributed by atoms with Crippen LogP contribution < -0.4 is 15.0 Å². The summed E-state index contributed by atoms with van der Waals surface area (Å²) in [5, 5.41) is 2.78. The molecule has 2 heterocycles. The molecule has 2 aliphatic heterocycles. The van der Waals surface area contributed by atoms with Gasteiger partial charge in [-0.2, -0.15) is 0 Å². The molecule has 29 heavy (non-hydrogen) atoms. The number of carbonyl (C=O) groups is 3. The topological polar surface area (TPSA) is 84.9 Å². The highest BCUT2D eigenvalue weighted by Gasteiger charge is 2.24. The second kappa shape index (κ2) is 8.45. The van der Waals surface area contributed by atoms with E-state index in [-0.39, 0.29) is 11.8 Å². The summed E-state index contributed by atoms with van der Waals surface area (Å²) >= 11 is 0. The van der Waals surface area contributed by atoms with Gasteiger partial charge >= 0.3 is 5.97 Å². The molecule has 2 amide bonds. The number of nitrogens with zero attached hydrogens (tertiary/aromatic N) is 1. The van der Waals surface area contributed by atoms with Gasteiger partial charge in [0.1, 0.15) is 11.9 Å². The molecule has 0 aliphatic carbocycles. The average Bonchev–Trinajstić information content (AvgIpc) is 3.41. The lowest BCUT2D eigenvalue weighted by Gasteiger charge is -2.16. The molecule has 0 spiro atoms. The van der Waals surface area contributed by atoms with Crippen molar-refractivity contribution < 1.29 is 23.9 Å². The minimum absolute atomic E-state index is 0.108. The van der Waals surface area contributed by atoms with Crippen LogP contribution in [0.3, 0.4) is 0 Å². The quantitative estimate of drug-likeness (QED) is 0.622. The molecule has 4 rings (SSSR count). The summed E-state index contributed by atoms with van der Waals surface area (Å²) in [5.41, 5.74) is 1.64. The molecule has 7 nitrogen and oxygen atoms in total. The maximum absolute atomic E-state index is 12.5. The van der Waals surface area contributed by atoms with E-state index in [1.807, 2.05) is 0 Å². The maximum Gasteiger partial charge on any atom is 0.343 e. The summed E-state index contributed by atoms with van der Waals surface area (Å²) in [4.78, 5) is 38.2. The van der Waals surface area contributed by atoms with Gasteiger partial charge in [-0.3, -0.25) is 9.59 Å². The lowest BCUT2D eigenvalue weighted by molar-refractivity contribution is -0.124. The molecule has 1 N–H and O–H groups in total. The zero-order valence-corrected chi connectivity index (χ0v) is 15.9. The number of benzene rings is 2. The van der Waals surface area contributed by atoms with E-state index in [1.165, 1.54) is 0 Å². The lowest BCUT2D eigenvalue weighted by atomic mass is 10.2. The molecule has 0 aromatic heterocycles. The Morgan fingerprint density at radius 1 is 1.10 bits per heavy atom. The van der Waals surface area contributed by atoms with E-state index in [2.05, 4.69) is 5.32 Å². The van der Waals surface area contributed by atoms with Crippen molar-refractivity contribution in [3.8, 4) is 5.75 Å². The van der Waals surface area contributed by atoms with Crippen LogP contribution >= 0.6 is 0 Å². The van der Waals surface area contributed by atoms with E-state index in [1.54, 1.807) is 53.4 Å². The number of ether oxygens (including phenoxy) is 2. The summed E-state index contributed by atoms with van der Waals surface area (Å²) in [7, 11) is 0. The summed E-state index contributed by atoms with van der Waals surface area (Å²) < 4.78 is 10.8. The summed E-state index contributed by atoms with van der Waals surface area (Å²) in [6.07, 6.45) is 2.56. The molecule has 150 valence electrons. The van der Waals surface area contributed by atoms with Crippen molar-refractivity contribution in [3.63, 3.8) is 0 Å². The minimum atomic E-state index is -0.525. The molecule has 2 aromatic carbocycles. The molecular weight excluding hydrogens is 372 g/mol. The first-order chi connectivity index (χ1) is 14.1. The Hall–Kier alpha value is -3.19.